The summed E-state index contributed by atoms with van der Waals surface area (Å²) in [5, 5.41) is 2.71. The standard InChI is InChI=1S/C14H17FN2O3/c1-14(2)13(19)16-7-8-17(14)12(18)9-20-11-6-4-3-5-10(11)15/h3-6H,7-9H2,1-2H3,(H,16,19). The van der Waals surface area contributed by atoms with Gasteiger partial charge in [-0.25, -0.2) is 4.39 Å². The van der Waals surface area contributed by atoms with Crippen molar-refractivity contribution in [3.8, 4) is 5.75 Å². The average molecular weight is 280 g/mol. The molecule has 0 aromatic heterocycles. The number of nitrogens with one attached hydrogen (secondary N) is 1. The van der Waals surface area contributed by atoms with Crippen LogP contribution in [0.5, 0.6) is 5.75 Å². The molecule has 0 saturated carbocycles. The fourth-order valence-corrected chi connectivity index (χ4v) is 2.12. The lowest BCUT2D eigenvalue weighted by atomic mass is 9.99. The number of carbonyl (C=O) groups excluding carboxylic acids is 2. The van der Waals surface area contributed by atoms with Crippen LogP contribution in [0.1, 0.15) is 13.8 Å². The Kier molecular flexibility index (Phi) is 3.92. The number of benzene rings is 1. The summed E-state index contributed by atoms with van der Waals surface area (Å²) in [6, 6.07) is 5.89. The summed E-state index contributed by atoms with van der Waals surface area (Å²) >= 11 is 0. The molecular weight excluding hydrogens is 263 g/mol. The Morgan fingerprint density at radius 1 is 1.45 bits per heavy atom. The van der Waals surface area contributed by atoms with Crippen molar-refractivity contribution in [3.05, 3.63) is 30.1 Å². The molecule has 0 unspecified atom stereocenters. The molecule has 6 heteroatoms. The van der Waals surface area contributed by atoms with E-state index in [-0.39, 0.29) is 24.2 Å². The Morgan fingerprint density at radius 3 is 2.85 bits per heavy atom. The van der Waals surface area contributed by atoms with Gasteiger partial charge < -0.3 is 15.0 Å². The van der Waals surface area contributed by atoms with Crippen LogP contribution in [-0.2, 0) is 9.59 Å². The quantitative estimate of drug-likeness (QED) is 0.896. The highest BCUT2D eigenvalue weighted by molar-refractivity contribution is 5.92. The van der Waals surface area contributed by atoms with Crippen molar-refractivity contribution in [3.63, 3.8) is 0 Å². The number of ether oxygens (including phenoxy) is 1. The molecule has 1 heterocycles. The van der Waals surface area contributed by atoms with Crippen molar-refractivity contribution >= 4 is 11.8 Å². The summed E-state index contributed by atoms with van der Waals surface area (Å²) in [5.41, 5.74) is -0.923. The highest BCUT2D eigenvalue weighted by Crippen LogP contribution is 2.19. The number of halogens is 1. The fraction of sp³-hybridized carbons (Fsp3) is 0.429. The van der Waals surface area contributed by atoms with Gasteiger partial charge in [0, 0.05) is 13.1 Å². The van der Waals surface area contributed by atoms with E-state index in [4.69, 9.17) is 4.74 Å². The third kappa shape index (κ3) is 2.74. The summed E-state index contributed by atoms with van der Waals surface area (Å²) in [5.74, 6) is -1.04. The third-order valence-electron chi connectivity index (χ3n) is 3.34. The zero-order valence-corrected chi connectivity index (χ0v) is 11.5. The molecule has 0 atom stereocenters. The topological polar surface area (TPSA) is 58.6 Å². The summed E-state index contributed by atoms with van der Waals surface area (Å²) in [6.45, 7) is 3.87. The van der Waals surface area contributed by atoms with E-state index < -0.39 is 11.4 Å². The molecule has 108 valence electrons. The molecule has 1 fully saturated rings. The number of rotatable bonds is 3. The maximum atomic E-state index is 13.4. The molecule has 1 N–H and O–H groups in total. The lowest BCUT2D eigenvalue weighted by Crippen LogP contribution is -2.64. The summed E-state index contributed by atoms with van der Waals surface area (Å²) < 4.78 is 18.6. The van der Waals surface area contributed by atoms with Gasteiger partial charge in [-0.1, -0.05) is 12.1 Å². The van der Waals surface area contributed by atoms with E-state index in [0.29, 0.717) is 13.1 Å². The monoisotopic (exact) mass is 280 g/mol. The number of hydrogen-bond donors (Lipinski definition) is 1. The van der Waals surface area contributed by atoms with Crippen LogP contribution in [0.4, 0.5) is 4.39 Å². The molecule has 1 aliphatic heterocycles. The molecular formula is C14H17FN2O3. The van der Waals surface area contributed by atoms with E-state index in [1.807, 2.05) is 0 Å². The van der Waals surface area contributed by atoms with E-state index in [0.717, 1.165) is 0 Å². The van der Waals surface area contributed by atoms with Crippen LogP contribution >= 0.6 is 0 Å². The van der Waals surface area contributed by atoms with Gasteiger partial charge in [-0.15, -0.1) is 0 Å². The molecule has 1 saturated heterocycles. The van der Waals surface area contributed by atoms with Crippen molar-refractivity contribution in [2.75, 3.05) is 19.7 Å². The number of piperazine rings is 1. The predicted molar refractivity (Wildman–Crippen MR) is 70.7 cm³/mol. The average Bonchev–Trinajstić information content (AvgIpc) is 2.40. The molecule has 20 heavy (non-hydrogen) atoms. The van der Waals surface area contributed by atoms with Crippen molar-refractivity contribution in [2.24, 2.45) is 0 Å². The molecule has 0 bridgehead atoms. The number of para-hydroxylation sites is 1. The molecule has 5 nitrogen and oxygen atoms in total. The van der Waals surface area contributed by atoms with Crippen LogP contribution in [-0.4, -0.2) is 41.9 Å². The molecule has 0 aliphatic carbocycles. The van der Waals surface area contributed by atoms with Gasteiger partial charge in [0.1, 0.15) is 5.54 Å². The molecule has 2 amide bonds. The van der Waals surface area contributed by atoms with Crippen LogP contribution in [0.25, 0.3) is 0 Å². The smallest absolute Gasteiger partial charge is 0.261 e. The Labute approximate surface area is 116 Å². The van der Waals surface area contributed by atoms with Gasteiger partial charge in [-0.05, 0) is 26.0 Å². The molecule has 1 aromatic rings. The minimum absolute atomic E-state index is 0.0279. The second kappa shape index (κ2) is 5.48. The maximum Gasteiger partial charge on any atom is 0.261 e. The van der Waals surface area contributed by atoms with E-state index in [1.165, 1.54) is 17.0 Å². The first-order valence-corrected chi connectivity index (χ1v) is 6.39. The van der Waals surface area contributed by atoms with Gasteiger partial charge >= 0.3 is 0 Å². The van der Waals surface area contributed by atoms with Crippen LogP contribution in [0.2, 0.25) is 0 Å². The highest BCUT2D eigenvalue weighted by Gasteiger charge is 2.40. The highest BCUT2D eigenvalue weighted by atomic mass is 19.1. The van der Waals surface area contributed by atoms with Crippen LogP contribution < -0.4 is 10.1 Å². The van der Waals surface area contributed by atoms with Gasteiger partial charge in [-0.3, -0.25) is 9.59 Å². The first-order valence-electron chi connectivity index (χ1n) is 6.39. The largest absolute Gasteiger partial charge is 0.481 e. The van der Waals surface area contributed by atoms with E-state index in [2.05, 4.69) is 5.32 Å². The molecule has 2 rings (SSSR count). The normalized spacial score (nSPS) is 17.6. The molecule has 1 aromatic carbocycles. The zero-order chi connectivity index (χ0) is 14.8. The second-order valence-corrected chi connectivity index (χ2v) is 5.08. The van der Waals surface area contributed by atoms with Gasteiger partial charge in [-0.2, -0.15) is 0 Å². The number of hydrogen-bond acceptors (Lipinski definition) is 3. The first kappa shape index (κ1) is 14.3. The minimum atomic E-state index is -0.923. The maximum absolute atomic E-state index is 13.4. The number of amides is 2. The van der Waals surface area contributed by atoms with Gasteiger partial charge in [0.15, 0.2) is 18.2 Å². The Bertz CT molecular complexity index is 531. The van der Waals surface area contributed by atoms with Crippen LogP contribution in [0.15, 0.2) is 24.3 Å². The van der Waals surface area contributed by atoms with E-state index >= 15 is 0 Å². The molecule has 1 aliphatic rings. The Hall–Kier alpha value is -2.11. The summed E-state index contributed by atoms with van der Waals surface area (Å²) in [4.78, 5) is 25.3. The molecule has 0 radical (unpaired) electrons. The predicted octanol–water partition coefficient (Wildman–Crippen LogP) is 0.942. The lowest BCUT2D eigenvalue weighted by molar-refractivity contribution is -0.150. The van der Waals surface area contributed by atoms with Crippen LogP contribution in [0.3, 0.4) is 0 Å². The van der Waals surface area contributed by atoms with Gasteiger partial charge in [0.05, 0.1) is 0 Å². The second-order valence-electron chi connectivity index (χ2n) is 5.08. The summed E-state index contributed by atoms with van der Waals surface area (Å²) in [7, 11) is 0. The summed E-state index contributed by atoms with van der Waals surface area (Å²) in [6.07, 6.45) is 0. The first-order chi connectivity index (χ1) is 9.43. The van der Waals surface area contributed by atoms with Crippen molar-refractivity contribution < 1.29 is 18.7 Å². The van der Waals surface area contributed by atoms with Crippen molar-refractivity contribution in [1.82, 2.24) is 10.2 Å². The van der Waals surface area contributed by atoms with Crippen molar-refractivity contribution in [1.29, 1.82) is 0 Å². The van der Waals surface area contributed by atoms with E-state index in [1.54, 1.807) is 26.0 Å². The Morgan fingerprint density at radius 2 is 2.15 bits per heavy atom. The van der Waals surface area contributed by atoms with Crippen molar-refractivity contribution in [2.45, 2.75) is 19.4 Å². The van der Waals surface area contributed by atoms with Gasteiger partial charge in [0.2, 0.25) is 5.91 Å². The number of carbonyl (C=O) groups is 2. The van der Waals surface area contributed by atoms with E-state index in [9.17, 15) is 14.0 Å². The lowest BCUT2D eigenvalue weighted by Gasteiger charge is -2.41. The third-order valence-corrected chi connectivity index (χ3v) is 3.34. The SMILES string of the molecule is CC1(C)C(=O)NCCN1C(=O)COc1ccccc1F. The molecule has 0 spiro atoms. The Balaban J connectivity index is 2.02. The fourth-order valence-electron chi connectivity index (χ4n) is 2.12. The number of nitrogens with zero attached hydrogens (tertiary/aromatic N) is 1. The van der Waals surface area contributed by atoms with Crippen LogP contribution in [0, 0.1) is 5.82 Å². The van der Waals surface area contributed by atoms with Gasteiger partial charge in [0.25, 0.3) is 5.91 Å². The zero-order valence-electron chi connectivity index (χ0n) is 11.5. The minimum Gasteiger partial charge on any atom is -0.481 e.